The van der Waals surface area contributed by atoms with Crippen LogP contribution in [0, 0.1) is 11.3 Å². The second-order valence-corrected chi connectivity index (χ2v) is 4.54. The van der Waals surface area contributed by atoms with Crippen molar-refractivity contribution in [3.63, 3.8) is 0 Å². The van der Waals surface area contributed by atoms with Gasteiger partial charge in [0.05, 0.1) is 12.5 Å². The monoisotopic (exact) mass is 184 g/mol. The summed E-state index contributed by atoms with van der Waals surface area (Å²) in [5.74, 6) is 0.133. The van der Waals surface area contributed by atoms with Crippen LogP contribution in [0.2, 0.25) is 0 Å². The highest BCUT2D eigenvalue weighted by atomic mass is 16.5. The molecular formula is C11H20O2. The van der Waals surface area contributed by atoms with Gasteiger partial charge in [0, 0.05) is 0 Å². The predicted molar refractivity (Wildman–Crippen MR) is 52.4 cm³/mol. The third kappa shape index (κ3) is 2.45. The Balaban J connectivity index is 2.59. The standard InChI is InChI=1S/C11H20O2/c1-4-13-10(12)9-7-5-6-8-11(9,2)3/h9H,4-8H2,1-3H3. The molecule has 0 heterocycles. The van der Waals surface area contributed by atoms with E-state index in [0.717, 1.165) is 12.8 Å². The van der Waals surface area contributed by atoms with Crippen LogP contribution in [0.3, 0.4) is 0 Å². The number of rotatable bonds is 2. The molecule has 2 nitrogen and oxygen atoms in total. The summed E-state index contributed by atoms with van der Waals surface area (Å²) in [6.07, 6.45) is 4.58. The van der Waals surface area contributed by atoms with E-state index in [1.54, 1.807) is 0 Å². The van der Waals surface area contributed by atoms with Crippen molar-refractivity contribution in [3.05, 3.63) is 0 Å². The zero-order valence-corrected chi connectivity index (χ0v) is 8.93. The second-order valence-electron chi connectivity index (χ2n) is 4.54. The Labute approximate surface area is 80.7 Å². The van der Waals surface area contributed by atoms with Gasteiger partial charge in [0.15, 0.2) is 0 Å². The SMILES string of the molecule is CCOC(=O)C1CCCCC1(C)C. The van der Waals surface area contributed by atoms with Crippen molar-refractivity contribution in [1.29, 1.82) is 0 Å². The lowest BCUT2D eigenvalue weighted by Crippen LogP contribution is -2.35. The molecule has 1 aliphatic carbocycles. The number of carbonyl (C=O) groups excluding carboxylic acids is 1. The predicted octanol–water partition coefficient (Wildman–Crippen LogP) is 2.77. The summed E-state index contributed by atoms with van der Waals surface area (Å²) in [6.45, 7) is 6.72. The van der Waals surface area contributed by atoms with Crippen LogP contribution in [0.25, 0.3) is 0 Å². The summed E-state index contributed by atoms with van der Waals surface area (Å²) < 4.78 is 5.08. The van der Waals surface area contributed by atoms with E-state index in [4.69, 9.17) is 4.74 Å². The fourth-order valence-corrected chi connectivity index (χ4v) is 2.17. The third-order valence-electron chi connectivity index (χ3n) is 3.08. The summed E-state index contributed by atoms with van der Waals surface area (Å²) in [4.78, 5) is 11.6. The van der Waals surface area contributed by atoms with Crippen LogP contribution in [-0.2, 0) is 9.53 Å². The van der Waals surface area contributed by atoms with Crippen LogP contribution in [-0.4, -0.2) is 12.6 Å². The van der Waals surface area contributed by atoms with Gasteiger partial charge in [-0.3, -0.25) is 4.79 Å². The first-order chi connectivity index (χ1) is 6.08. The Morgan fingerprint density at radius 3 is 2.69 bits per heavy atom. The maximum atomic E-state index is 11.6. The zero-order valence-electron chi connectivity index (χ0n) is 8.93. The van der Waals surface area contributed by atoms with Gasteiger partial charge in [-0.2, -0.15) is 0 Å². The first kappa shape index (κ1) is 10.6. The van der Waals surface area contributed by atoms with Gasteiger partial charge in [-0.1, -0.05) is 26.7 Å². The average Bonchev–Trinajstić information content (AvgIpc) is 2.03. The molecule has 1 saturated carbocycles. The highest BCUT2D eigenvalue weighted by molar-refractivity contribution is 5.73. The van der Waals surface area contributed by atoms with E-state index in [-0.39, 0.29) is 17.3 Å². The van der Waals surface area contributed by atoms with Gasteiger partial charge < -0.3 is 4.74 Å². The molecule has 0 saturated heterocycles. The summed E-state index contributed by atoms with van der Waals surface area (Å²) in [6, 6.07) is 0. The van der Waals surface area contributed by atoms with Gasteiger partial charge >= 0.3 is 5.97 Å². The first-order valence-corrected chi connectivity index (χ1v) is 5.24. The van der Waals surface area contributed by atoms with E-state index >= 15 is 0 Å². The van der Waals surface area contributed by atoms with E-state index < -0.39 is 0 Å². The lowest BCUT2D eigenvalue weighted by atomic mass is 9.69. The summed E-state index contributed by atoms with van der Waals surface area (Å²) >= 11 is 0. The van der Waals surface area contributed by atoms with Crippen molar-refractivity contribution in [2.75, 3.05) is 6.61 Å². The summed E-state index contributed by atoms with van der Waals surface area (Å²) in [5.41, 5.74) is 0.143. The van der Waals surface area contributed by atoms with Gasteiger partial charge in [-0.15, -0.1) is 0 Å². The normalized spacial score (nSPS) is 26.8. The van der Waals surface area contributed by atoms with Crippen LogP contribution in [0.5, 0.6) is 0 Å². The summed E-state index contributed by atoms with van der Waals surface area (Å²) in [5, 5.41) is 0. The molecule has 76 valence electrons. The zero-order chi connectivity index (χ0) is 9.90. The van der Waals surface area contributed by atoms with Crippen LogP contribution < -0.4 is 0 Å². The van der Waals surface area contributed by atoms with Crippen molar-refractivity contribution in [2.45, 2.75) is 46.5 Å². The molecule has 0 aromatic carbocycles. The minimum absolute atomic E-state index is 0.00667. The topological polar surface area (TPSA) is 26.3 Å². The number of carbonyl (C=O) groups is 1. The number of hydrogen-bond donors (Lipinski definition) is 0. The van der Waals surface area contributed by atoms with Crippen molar-refractivity contribution in [1.82, 2.24) is 0 Å². The molecule has 1 fully saturated rings. The Hall–Kier alpha value is -0.530. The fraction of sp³-hybridized carbons (Fsp3) is 0.909. The lowest BCUT2D eigenvalue weighted by molar-refractivity contribution is -0.154. The molecule has 0 radical (unpaired) electrons. The van der Waals surface area contributed by atoms with Crippen molar-refractivity contribution in [2.24, 2.45) is 11.3 Å². The van der Waals surface area contributed by atoms with Gasteiger partial charge in [-0.05, 0) is 25.2 Å². The molecule has 1 rings (SSSR count). The van der Waals surface area contributed by atoms with Crippen molar-refractivity contribution >= 4 is 5.97 Å². The van der Waals surface area contributed by atoms with Crippen LogP contribution >= 0.6 is 0 Å². The average molecular weight is 184 g/mol. The van der Waals surface area contributed by atoms with E-state index in [1.807, 2.05) is 6.92 Å². The molecule has 1 unspecified atom stereocenters. The third-order valence-corrected chi connectivity index (χ3v) is 3.08. The van der Waals surface area contributed by atoms with Gasteiger partial charge in [0.25, 0.3) is 0 Å². The van der Waals surface area contributed by atoms with Gasteiger partial charge in [0.2, 0.25) is 0 Å². The number of ether oxygens (including phenoxy) is 1. The molecule has 0 aromatic heterocycles. The quantitative estimate of drug-likeness (QED) is 0.617. The number of esters is 1. The molecule has 1 atom stereocenters. The molecule has 0 bridgehead atoms. The maximum absolute atomic E-state index is 11.6. The molecular weight excluding hydrogens is 164 g/mol. The Morgan fingerprint density at radius 2 is 2.15 bits per heavy atom. The molecule has 0 spiro atoms. The first-order valence-electron chi connectivity index (χ1n) is 5.24. The highest BCUT2D eigenvalue weighted by Gasteiger charge is 2.37. The van der Waals surface area contributed by atoms with Crippen LogP contribution in [0.4, 0.5) is 0 Å². The molecule has 2 heteroatoms. The molecule has 0 aliphatic heterocycles. The molecule has 13 heavy (non-hydrogen) atoms. The molecule has 1 aliphatic rings. The molecule has 0 aromatic rings. The minimum Gasteiger partial charge on any atom is -0.466 e. The highest BCUT2D eigenvalue weighted by Crippen LogP contribution is 2.40. The molecule has 0 amide bonds. The smallest absolute Gasteiger partial charge is 0.309 e. The lowest BCUT2D eigenvalue weighted by Gasteiger charge is -2.36. The largest absolute Gasteiger partial charge is 0.466 e. The van der Waals surface area contributed by atoms with Gasteiger partial charge in [0.1, 0.15) is 0 Å². The number of hydrogen-bond acceptors (Lipinski definition) is 2. The van der Waals surface area contributed by atoms with Crippen LogP contribution in [0.1, 0.15) is 46.5 Å². The van der Waals surface area contributed by atoms with Gasteiger partial charge in [-0.25, -0.2) is 0 Å². The van der Waals surface area contributed by atoms with Crippen molar-refractivity contribution < 1.29 is 9.53 Å². The fourth-order valence-electron chi connectivity index (χ4n) is 2.17. The van der Waals surface area contributed by atoms with E-state index in [2.05, 4.69) is 13.8 Å². The molecule has 0 N–H and O–H groups in total. The minimum atomic E-state index is 0.00667. The van der Waals surface area contributed by atoms with E-state index in [0.29, 0.717) is 6.61 Å². The Bertz CT molecular complexity index is 185. The maximum Gasteiger partial charge on any atom is 0.309 e. The van der Waals surface area contributed by atoms with E-state index in [9.17, 15) is 4.79 Å². The van der Waals surface area contributed by atoms with E-state index in [1.165, 1.54) is 12.8 Å². The Kier molecular flexibility index (Phi) is 3.34. The Morgan fingerprint density at radius 1 is 1.46 bits per heavy atom. The second kappa shape index (κ2) is 4.12. The van der Waals surface area contributed by atoms with Crippen molar-refractivity contribution in [3.8, 4) is 0 Å². The van der Waals surface area contributed by atoms with Crippen LogP contribution in [0.15, 0.2) is 0 Å². The summed E-state index contributed by atoms with van der Waals surface area (Å²) in [7, 11) is 0.